The molecule has 0 aliphatic rings. The fourth-order valence-corrected chi connectivity index (χ4v) is 2.10. The number of phenols is 1. The first kappa shape index (κ1) is 16.7. The summed E-state index contributed by atoms with van der Waals surface area (Å²) < 4.78 is 0.780. The summed E-state index contributed by atoms with van der Waals surface area (Å²) in [6.07, 6.45) is 1.32. The summed E-state index contributed by atoms with van der Waals surface area (Å²) in [6.45, 7) is -0.205. The molecule has 6 nitrogen and oxygen atoms in total. The highest BCUT2D eigenvalue weighted by atomic mass is 79.9. The van der Waals surface area contributed by atoms with Crippen molar-refractivity contribution in [2.24, 2.45) is 5.10 Å². The number of hydrogen-bond acceptors (Lipinski definition) is 4. The van der Waals surface area contributed by atoms with Crippen LogP contribution in [0, 0.1) is 0 Å². The third-order valence-electron chi connectivity index (χ3n) is 2.83. The van der Waals surface area contributed by atoms with Gasteiger partial charge in [0, 0.05) is 15.6 Å². The van der Waals surface area contributed by atoms with Gasteiger partial charge in [0.05, 0.1) is 12.8 Å². The van der Waals surface area contributed by atoms with E-state index < -0.39 is 5.91 Å². The third kappa shape index (κ3) is 5.23. The van der Waals surface area contributed by atoms with Crippen molar-refractivity contribution in [3.8, 4) is 5.75 Å². The molecule has 0 unspecified atom stereocenters. The van der Waals surface area contributed by atoms with Gasteiger partial charge in [-0.25, -0.2) is 5.43 Å². The molecule has 0 fully saturated rings. The van der Waals surface area contributed by atoms with Gasteiger partial charge in [-0.1, -0.05) is 34.1 Å². The second-order valence-corrected chi connectivity index (χ2v) is 5.46. The molecule has 2 aromatic rings. The highest BCUT2D eigenvalue weighted by molar-refractivity contribution is 9.10. The van der Waals surface area contributed by atoms with Crippen LogP contribution < -0.4 is 10.7 Å². The number of para-hydroxylation sites is 1. The Hall–Kier alpha value is -2.67. The van der Waals surface area contributed by atoms with E-state index in [2.05, 4.69) is 31.8 Å². The van der Waals surface area contributed by atoms with E-state index in [1.165, 1.54) is 12.3 Å². The summed E-state index contributed by atoms with van der Waals surface area (Å²) in [7, 11) is 0. The molecule has 23 heavy (non-hydrogen) atoms. The number of halogens is 1. The molecule has 0 radical (unpaired) electrons. The third-order valence-corrected chi connectivity index (χ3v) is 3.32. The molecule has 0 aromatic heterocycles. The van der Waals surface area contributed by atoms with Gasteiger partial charge in [-0.05, 0) is 30.3 Å². The Morgan fingerprint density at radius 3 is 2.70 bits per heavy atom. The van der Waals surface area contributed by atoms with E-state index in [-0.39, 0.29) is 18.2 Å². The zero-order valence-corrected chi connectivity index (χ0v) is 13.6. The van der Waals surface area contributed by atoms with E-state index >= 15 is 0 Å². The summed E-state index contributed by atoms with van der Waals surface area (Å²) in [4.78, 5) is 23.5. The highest BCUT2D eigenvalue weighted by Gasteiger charge is 2.07. The molecular weight excluding hydrogens is 362 g/mol. The van der Waals surface area contributed by atoms with Crippen molar-refractivity contribution in [1.29, 1.82) is 0 Å². The molecule has 0 spiro atoms. The van der Waals surface area contributed by atoms with Gasteiger partial charge in [-0.3, -0.25) is 9.59 Å². The Morgan fingerprint density at radius 2 is 1.96 bits per heavy atom. The summed E-state index contributed by atoms with van der Waals surface area (Å²) in [6, 6.07) is 13.4. The van der Waals surface area contributed by atoms with Gasteiger partial charge in [0.25, 0.3) is 11.8 Å². The number of hydrogen-bond donors (Lipinski definition) is 3. The SMILES string of the molecule is O=C(CNC(=O)c1cccc(Br)c1)N/N=C/c1ccccc1O. The topological polar surface area (TPSA) is 90.8 Å². The van der Waals surface area contributed by atoms with Crippen LogP contribution in [0.15, 0.2) is 58.1 Å². The number of rotatable bonds is 5. The highest BCUT2D eigenvalue weighted by Crippen LogP contribution is 2.12. The summed E-state index contributed by atoms with van der Waals surface area (Å²) in [5.41, 5.74) is 3.20. The number of benzene rings is 2. The van der Waals surface area contributed by atoms with Crippen molar-refractivity contribution >= 4 is 34.0 Å². The van der Waals surface area contributed by atoms with Gasteiger partial charge >= 0.3 is 0 Å². The van der Waals surface area contributed by atoms with E-state index in [0.29, 0.717) is 11.1 Å². The fourth-order valence-electron chi connectivity index (χ4n) is 1.70. The van der Waals surface area contributed by atoms with Gasteiger partial charge in [0.2, 0.25) is 0 Å². The average Bonchev–Trinajstić information content (AvgIpc) is 2.54. The van der Waals surface area contributed by atoms with Gasteiger partial charge in [-0.2, -0.15) is 5.10 Å². The zero-order chi connectivity index (χ0) is 16.7. The Bertz CT molecular complexity index is 747. The average molecular weight is 376 g/mol. The van der Waals surface area contributed by atoms with Gasteiger partial charge in [-0.15, -0.1) is 0 Å². The minimum atomic E-state index is -0.472. The zero-order valence-electron chi connectivity index (χ0n) is 12.0. The Kier molecular flexibility index (Phi) is 5.87. The summed E-state index contributed by atoms with van der Waals surface area (Å²) in [5, 5.41) is 15.8. The Morgan fingerprint density at radius 1 is 1.17 bits per heavy atom. The molecule has 0 heterocycles. The summed E-state index contributed by atoms with van der Waals surface area (Å²) >= 11 is 3.27. The van der Waals surface area contributed by atoms with Crippen LogP contribution >= 0.6 is 15.9 Å². The first-order valence-corrected chi connectivity index (χ1v) is 7.49. The number of hydrazone groups is 1. The molecule has 3 N–H and O–H groups in total. The van der Waals surface area contributed by atoms with Gasteiger partial charge in [0.15, 0.2) is 0 Å². The van der Waals surface area contributed by atoms with Crippen molar-refractivity contribution in [3.05, 3.63) is 64.1 Å². The molecule has 2 rings (SSSR count). The van der Waals surface area contributed by atoms with Crippen molar-refractivity contribution in [1.82, 2.24) is 10.7 Å². The van der Waals surface area contributed by atoms with Crippen LogP contribution in [0.4, 0.5) is 0 Å². The van der Waals surface area contributed by atoms with E-state index in [1.54, 1.807) is 42.5 Å². The lowest BCUT2D eigenvalue weighted by molar-refractivity contribution is -0.120. The van der Waals surface area contributed by atoms with Gasteiger partial charge < -0.3 is 10.4 Å². The molecule has 0 aliphatic carbocycles. The normalized spacial score (nSPS) is 10.5. The van der Waals surface area contributed by atoms with Crippen LogP contribution in [0.25, 0.3) is 0 Å². The number of carbonyl (C=O) groups excluding carboxylic acids is 2. The predicted molar refractivity (Wildman–Crippen MR) is 90.3 cm³/mol. The smallest absolute Gasteiger partial charge is 0.259 e. The molecule has 118 valence electrons. The van der Waals surface area contributed by atoms with Crippen LogP contribution in [0.2, 0.25) is 0 Å². The molecule has 0 saturated heterocycles. The molecule has 0 atom stereocenters. The Balaban J connectivity index is 1.81. The molecule has 0 bridgehead atoms. The second-order valence-electron chi connectivity index (χ2n) is 4.55. The quantitative estimate of drug-likeness (QED) is 0.551. The number of carbonyl (C=O) groups is 2. The first-order chi connectivity index (χ1) is 11.1. The standard InChI is InChI=1S/C16H14BrN3O3/c17-13-6-3-5-11(8-13)16(23)18-10-15(22)20-19-9-12-4-1-2-7-14(12)21/h1-9,21H,10H2,(H,18,23)(H,20,22)/b19-9+. The van der Waals surface area contributed by atoms with Crippen molar-refractivity contribution < 1.29 is 14.7 Å². The number of phenolic OH excluding ortho intramolecular Hbond substituents is 1. The van der Waals surface area contributed by atoms with E-state index in [9.17, 15) is 14.7 Å². The van der Waals surface area contributed by atoms with Crippen LogP contribution in [0.5, 0.6) is 5.75 Å². The largest absolute Gasteiger partial charge is 0.507 e. The maximum Gasteiger partial charge on any atom is 0.259 e. The monoisotopic (exact) mass is 375 g/mol. The predicted octanol–water partition coefficient (Wildman–Crippen LogP) is 2.03. The second kappa shape index (κ2) is 8.09. The Labute approximate surface area is 141 Å². The minimum absolute atomic E-state index is 0.0634. The lowest BCUT2D eigenvalue weighted by atomic mass is 10.2. The van der Waals surface area contributed by atoms with Crippen molar-refractivity contribution in [2.75, 3.05) is 6.54 Å². The molecule has 2 aromatic carbocycles. The fraction of sp³-hybridized carbons (Fsp3) is 0.0625. The van der Waals surface area contributed by atoms with E-state index in [0.717, 1.165) is 4.47 Å². The van der Waals surface area contributed by atoms with E-state index in [1.807, 2.05) is 0 Å². The lowest BCUT2D eigenvalue weighted by Crippen LogP contribution is -2.34. The molecule has 0 saturated carbocycles. The number of nitrogens with one attached hydrogen (secondary N) is 2. The summed E-state index contributed by atoms with van der Waals surface area (Å²) in [5.74, 6) is -0.764. The van der Waals surface area contributed by atoms with Crippen molar-refractivity contribution in [3.63, 3.8) is 0 Å². The minimum Gasteiger partial charge on any atom is -0.507 e. The first-order valence-electron chi connectivity index (χ1n) is 6.70. The van der Waals surface area contributed by atoms with Gasteiger partial charge in [0.1, 0.15) is 5.75 Å². The van der Waals surface area contributed by atoms with Crippen LogP contribution in [-0.2, 0) is 4.79 Å². The number of amides is 2. The number of nitrogens with zero attached hydrogens (tertiary/aromatic N) is 1. The van der Waals surface area contributed by atoms with Crippen molar-refractivity contribution in [2.45, 2.75) is 0 Å². The number of aromatic hydroxyl groups is 1. The van der Waals surface area contributed by atoms with Crippen LogP contribution in [-0.4, -0.2) is 29.7 Å². The maximum absolute atomic E-state index is 11.9. The van der Waals surface area contributed by atoms with Crippen LogP contribution in [0.1, 0.15) is 15.9 Å². The molecule has 2 amide bonds. The lowest BCUT2D eigenvalue weighted by Gasteiger charge is -2.04. The molecule has 0 aliphatic heterocycles. The van der Waals surface area contributed by atoms with Crippen LogP contribution in [0.3, 0.4) is 0 Å². The molecule has 7 heteroatoms. The maximum atomic E-state index is 11.9. The molecular formula is C16H14BrN3O3. The van der Waals surface area contributed by atoms with E-state index in [4.69, 9.17) is 0 Å².